The number of rotatable bonds is 6. The first kappa shape index (κ1) is 29.8. The average Bonchev–Trinajstić information content (AvgIpc) is 3.42. The Morgan fingerprint density at radius 3 is 2.26 bits per heavy atom. The maximum Gasteiger partial charge on any atom is 0.416 e. The molecule has 0 saturated heterocycles. The lowest BCUT2D eigenvalue weighted by Crippen LogP contribution is -2.46. The summed E-state index contributed by atoms with van der Waals surface area (Å²) in [6.45, 7) is 1.90. The number of aryl methyl sites for hydroxylation is 1. The summed E-state index contributed by atoms with van der Waals surface area (Å²) in [4.78, 5) is 16.5. The largest absolute Gasteiger partial charge is 0.493 e. The molecule has 2 aliphatic rings. The zero-order chi connectivity index (χ0) is 32.9. The number of anilines is 2. The summed E-state index contributed by atoms with van der Waals surface area (Å²) in [5, 5.41) is 8.00. The third-order valence-electron chi connectivity index (χ3n) is 7.96. The van der Waals surface area contributed by atoms with Crippen molar-refractivity contribution in [1.82, 2.24) is 14.8 Å². The molecule has 0 amide bonds. The van der Waals surface area contributed by atoms with Gasteiger partial charge in [0.05, 0.1) is 50.0 Å². The second kappa shape index (κ2) is 11.5. The van der Waals surface area contributed by atoms with Crippen LogP contribution in [0.2, 0.25) is 0 Å². The quantitative estimate of drug-likeness (QED) is 0.207. The van der Waals surface area contributed by atoms with Crippen molar-refractivity contribution in [2.75, 3.05) is 31.5 Å². The minimum absolute atomic E-state index is 0.199. The first-order valence-electron chi connectivity index (χ1n) is 14.5. The summed E-state index contributed by atoms with van der Waals surface area (Å²) in [5.74, 6) is 2.97. The highest BCUT2D eigenvalue weighted by atomic mass is 19.4. The summed E-state index contributed by atoms with van der Waals surface area (Å²) in [6.07, 6.45) is -2.86. The highest BCUT2D eigenvalue weighted by Gasteiger charge is 2.42. The molecule has 13 heteroatoms. The van der Waals surface area contributed by atoms with Crippen LogP contribution in [0.15, 0.2) is 95.0 Å². The van der Waals surface area contributed by atoms with E-state index in [9.17, 15) is 13.2 Å². The zero-order valence-electron chi connectivity index (χ0n) is 25.7. The van der Waals surface area contributed by atoms with Crippen LogP contribution >= 0.6 is 0 Å². The minimum atomic E-state index is -4.52. The van der Waals surface area contributed by atoms with Gasteiger partial charge in [-0.2, -0.15) is 23.0 Å². The summed E-state index contributed by atoms with van der Waals surface area (Å²) >= 11 is 0. The number of hydrogen-bond acceptors (Lipinski definition) is 9. The summed E-state index contributed by atoms with van der Waals surface area (Å²) in [7, 11) is 4.63. The van der Waals surface area contributed by atoms with Crippen molar-refractivity contribution in [3.05, 3.63) is 107 Å². The fraction of sp³-hybridized carbons (Fsp3) is 0.176. The first-order chi connectivity index (χ1) is 22.7. The van der Waals surface area contributed by atoms with Gasteiger partial charge < -0.3 is 24.4 Å². The molecule has 2 aromatic heterocycles. The van der Waals surface area contributed by atoms with E-state index >= 15 is 0 Å². The third kappa shape index (κ3) is 5.09. The van der Waals surface area contributed by atoms with Crippen molar-refractivity contribution in [3.8, 4) is 23.1 Å². The number of benzene rings is 3. The van der Waals surface area contributed by atoms with E-state index in [1.807, 2.05) is 60.4 Å². The Bertz CT molecular complexity index is 2030. The van der Waals surface area contributed by atoms with Crippen LogP contribution in [0.25, 0.3) is 5.82 Å². The molecule has 7 rings (SSSR count). The van der Waals surface area contributed by atoms with Gasteiger partial charge in [0.1, 0.15) is 0 Å². The predicted molar refractivity (Wildman–Crippen MR) is 172 cm³/mol. The molecule has 3 aromatic carbocycles. The SMILES string of the molecule is COc1cc([C@H]2c3c(C)nn(-c4ccccn4)c3N=C3C(Nc4cccc(C(F)(F)F)c4)=Nc4ccccc4N32)cc(OC)c1OC. The van der Waals surface area contributed by atoms with E-state index in [1.54, 1.807) is 37.2 Å². The number of halogens is 3. The Morgan fingerprint density at radius 2 is 1.57 bits per heavy atom. The Kier molecular flexibility index (Phi) is 7.30. The fourth-order valence-electron chi connectivity index (χ4n) is 5.92. The van der Waals surface area contributed by atoms with Crippen LogP contribution in [0.5, 0.6) is 17.2 Å². The molecule has 0 saturated carbocycles. The fourth-order valence-corrected chi connectivity index (χ4v) is 5.92. The highest BCUT2D eigenvalue weighted by Crippen LogP contribution is 2.50. The predicted octanol–water partition coefficient (Wildman–Crippen LogP) is 7.42. The van der Waals surface area contributed by atoms with Crippen LogP contribution in [0, 0.1) is 6.92 Å². The molecule has 47 heavy (non-hydrogen) atoms. The van der Waals surface area contributed by atoms with Gasteiger partial charge >= 0.3 is 6.18 Å². The summed E-state index contributed by atoms with van der Waals surface area (Å²) in [6, 6.07) is 21.1. The highest BCUT2D eigenvalue weighted by molar-refractivity contribution is 6.51. The van der Waals surface area contributed by atoms with Gasteiger partial charge in [-0.15, -0.1) is 0 Å². The maximum atomic E-state index is 13.7. The van der Waals surface area contributed by atoms with E-state index in [0.29, 0.717) is 46.1 Å². The number of aromatic nitrogens is 3. The van der Waals surface area contributed by atoms with Crippen LogP contribution in [0.4, 0.5) is 36.1 Å². The van der Waals surface area contributed by atoms with E-state index in [-0.39, 0.29) is 11.5 Å². The van der Waals surface area contributed by atoms with Gasteiger partial charge in [-0.25, -0.2) is 15.0 Å². The van der Waals surface area contributed by atoms with E-state index < -0.39 is 17.8 Å². The van der Waals surface area contributed by atoms with Crippen molar-refractivity contribution in [2.24, 2.45) is 9.98 Å². The number of alkyl halides is 3. The Labute approximate surface area is 267 Å². The second-order valence-corrected chi connectivity index (χ2v) is 10.7. The van der Waals surface area contributed by atoms with E-state index in [2.05, 4.69) is 10.3 Å². The number of para-hydroxylation sites is 2. The molecule has 238 valence electrons. The van der Waals surface area contributed by atoms with Crippen LogP contribution < -0.4 is 24.4 Å². The van der Waals surface area contributed by atoms with Crippen molar-refractivity contribution in [1.29, 1.82) is 0 Å². The van der Waals surface area contributed by atoms with Gasteiger partial charge in [0.15, 0.2) is 34.8 Å². The molecule has 5 aromatic rings. The summed E-state index contributed by atoms with van der Waals surface area (Å²) in [5.41, 5.74) is 2.97. The van der Waals surface area contributed by atoms with Crippen LogP contribution in [0.1, 0.15) is 28.4 Å². The number of ether oxygens (including phenoxy) is 3. The molecular weight excluding hydrogens is 611 g/mol. The second-order valence-electron chi connectivity index (χ2n) is 10.7. The van der Waals surface area contributed by atoms with Gasteiger partial charge in [-0.05, 0) is 67.1 Å². The summed E-state index contributed by atoms with van der Waals surface area (Å²) < 4.78 is 59.7. The third-order valence-corrected chi connectivity index (χ3v) is 7.96. The average molecular weight is 640 g/mol. The number of aliphatic imine (C=N–C) groups is 2. The van der Waals surface area contributed by atoms with Gasteiger partial charge in [0.2, 0.25) is 5.75 Å². The van der Waals surface area contributed by atoms with Gasteiger partial charge in [0, 0.05) is 17.4 Å². The Hall–Kier alpha value is -5.85. The van der Waals surface area contributed by atoms with Crippen molar-refractivity contribution >= 4 is 34.6 Å². The van der Waals surface area contributed by atoms with Gasteiger partial charge in [0.25, 0.3) is 0 Å². The topological polar surface area (TPSA) is 98.4 Å². The molecular formula is C34H28F3N7O3. The van der Waals surface area contributed by atoms with Gasteiger partial charge in [-0.3, -0.25) is 0 Å². The lowest BCUT2D eigenvalue weighted by Gasteiger charge is -2.40. The number of nitrogens with zero attached hydrogens (tertiary/aromatic N) is 6. The number of hydrogen-bond donors (Lipinski definition) is 1. The molecule has 0 unspecified atom stereocenters. The van der Waals surface area contributed by atoms with E-state index in [0.717, 1.165) is 28.9 Å². The van der Waals surface area contributed by atoms with Crippen molar-refractivity contribution in [2.45, 2.75) is 19.1 Å². The molecule has 0 aliphatic carbocycles. The smallest absolute Gasteiger partial charge is 0.416 e. The minimum Gasteiger partial charge on any atom is -0.493 e. The van der Waals surface area contributed by atoms with Crippen LogP contribution in [0.3, 0.4) is 0 Å². The maximum absolute atomic E-state index is 13.7. The van der Waals surface area contributed by atoms with Crippen LogP contribution in [-0.2, 0) is 6.18 Å². The Morgan fingerprint density at radius 1 is 0.830 bits per heavy atom. The lowest BCUT2D eigenvalue weighted by molar-refractivity contribution is -0.137. The van der Waals surface area contributed by atoms with Crippen molar-refractivity contribution in [3.63, 3.8) is 0 Å². The molecule has 0 fully saturated rings. The van der Waals surface area contributed by atoms with E-state index in [1.165, 1.54) is 13.2 Å². The number of methoxy groups -OCH3 is 3. The van der Waals surface area contributed by atoms with Crippen molar-refractivity contribution < 1.29 is 27.4 Å². The van der Waals surface area contributed by atoms with Gasteiger partial charge in [-0.1, -0.05) is 24.3 Å². The monoisotopic (exact) mass is 639 g/mol. The molecule has 0 bridgehead atoms. The lowest BCUT2D eigenvalue weighted by atomic mass is 9.92. The zero-order valence-corrected chi connectivity index (χ0v) is 25.7. The molecule has 1 N–H and O–H groups in total. The van der Waals surface area contributed by atoms with Crippen LogP contribution in [-0.4, -0.2) is 47.8 Å². The molecule has 4 heterocycles. The Balaban J connectivity index is 1.50. The van der Waals surface area contributed by atoms with E-state index in [4.69, 9.17) is 29.3 Å². The normalized spacial score (nSPS) is 15.1. The number of amidine groups is 2. The standard InChI is InChI=1S/C34H28F3N7O3/c1-19-28-29(20-16-25(45-2)30(47-4)26(17-20)46-3)43-24-13-6-5-12-23(24)40-31(39-22-11-9-10-21(18-22)34(35,36)37)33(43)41-32(28)44(42-19)27-14-7-8-15-38-27/h5-18,29H,1-4H3,(H,39,40)/t29-/m0/s1. The molecule has 0 spiro atoms. The molecule has 2 aliphatic heterocycles. The molecule has 1 atom stereocenters. The number of nitrogens with one attached hydrogen (secondary N) is 1. The number of fused-ring (bicyclic) bond motifs is 4. The molecule has 0 radical (unpaired) electrons. The first-order valence-corrected chi connectivity index (χ1v) is 14.5. The molecule has 10 nitrogen and oxygen atoms in total. The number of pyridine rings is 1.